The molecule has 2 heteroatoms. The molecule has 0 aliphatic carbocycles. The molecule has 0 saturated heterocycles. The largest absolute Gasteiger partial charge is 0.310 e. The molecule has 14 aromatic rings. The maximum atomic E-state index is 2.44. The fourth-order valence-corrected chi connectivity index (χ4v) is 12.3. The minimum Gasteiger partial charge on any atom is -0.310 e. The Morgan fingerprint density at radius 2 is 0.364 bits per heavy atom. The van der Waals surface area contributed by atoms with Gasteiger partial charge in [0.2, 0.25) is 0 Å². The van der Waals surface area contributed by atoms with Crippen molar-refractivity contribution in [2.45, 2.75) is 13.8 Å². The van der Waals surface area contributed by atoms with Crippen LogP contribution in [0.3, 0.4) is 0 Å². The van der Waals surface area contributed by atoms with Crippen LogP contribution in [0.4, 0.5) is 34.1 Å². The van der Waals surface area contributed by atoms with Gasteiger partial charge in [-0.25, -0.2) is 0 Å². The van der Waals surface area contributed by atoms with Crippen molar-refractivity contribution in [3.05, 3.63) is 363 Å². The van der Waals surface area contributed by atoms with Gasteiger partial charge in [0.15, 0.2) is 0 Å². The first-order valence-corrected chi connectivity index (χ1v) is 30.3. The molecule has 14 aromatic carbocycles. The number of hydrogen-bond donors (Lipinski definition) is 0. The van der Waals surface area contributed by atoms with Gasteiger partial charge in [-0.15, -0.1) is 0 Å². The lowest BCUT2D eigenvalue weighted by atomic mass is 9.96. The van der Waals surface area contributed by atoms with Crippen LogP contribution >= 0.6 is 0 Å². The van der Waals surface area contributed by atoms with Gasteiger partial charge in [0.1, 0.15) is 0 Å². The average molecular weight is 1130 g/mol. The second-order valence-electron chi connectivity index (χ2n) is 22.6. The van der Waals surface area contributed by atoms with Crippen LogP contribution in [-0.2, 0) is 0 Å². The van der Waals surface area contributed by atoms with Gasteiger partial charge in [0.25, 0.3) is 0 Å². The van der Waals surface area contributed by atoms with Crippen molar-refractivity contribution >= 4 is 34.1 Å². The number of rotatable bonds is 15. The zero-order valence-corrected chi connectivity index (χ0v) is 49.4. The van der Waals surface area contributed by atoms with Gasteiger partial charge in [-0.3, -0.25) is 0 Å². The van der Waals surface area contributed by atoms with Gasteiger partial charge < -0.3 is 9.80 Å². The fourth-order valence-electron chi connectivity index (χ4n) is 12.3. The summed E-state index contributed by atoms with van der Waals surface area (Å²) >= 11 is 0. The third-order valence-electron chi connectivity index (χ3n) is 17.0. The number of para-hydroxylation sites is 2. The summed E-state index contributed by atoms with van der Waals surface area (Å²) in [4.78, 5) is 4.87. The molecule has 14 rings (SSSR count). The van der Waals surface area contributed by atoms with Crippen LogP contribution in [-0.4, -0.2) is 0 Å². The van der Waals surface area contributed by atoms with E-state index in [-0.39, 0.29) is 0 Å². The summed E-state index contributed by atoms with van der Waals surface area (Å²) in [6, 6.07) is 128. The predicted molar refractivity (Wildman–Crippen MR) is 374 cm³/mol. The van der Waals surface area contributed by atoms with Gasteiger partial charge in [-0.2, -0.15) is 0 Å². The normalized spacial score (nSPS) is 11.1. The molecule has 0 fully saturated rings. The van der Waals surface area contributed by atoms with Crippen molar-refractivity contribution < 1.29 is 0 Å². The number of hydrogen-bond acceptors (Lipinski definition) is 2. The van der Waals surface area contributed by atoms with Crippen LogP contribution in [0.5, 0.6) is 0 Å². The Kier molecular flexibility index (Phi) is 15.3. The molecule has 0 radical (unpaired) electrons. The highest BCUT2D eigenvalue weighted by atomic mass is 15.2. The van der Waals surface area contributed by atoms with E-state index < -0.39 is 0 Å². The monoisotopic (exact) mass is 1120 g/mol. The molecule has 0 unspecified atom stereocenters. The first kappa shape index (κ1) is 54.6. The molecule has 0 saturated carbocycles. The zero-order chi connectivity index (χ0) is 59.2. The van der Waals surface area contributed by atoms with Crippen LogP contribution in [0.25, 0.3) is 100 Å². The van der Waals surface area contributed by atoms with E-state index in [9.17, 15) is 0 Å². The molecule has 0 aromatic heterocycles. The molecule has 0 bridgehead atoms. The molecule has 0 N–H and O–H groups in total. The molecule has 0 aliphatic rings. The lowest BCUT2D eigenvalue weighted by Gasteiger charge is -2.30. The minimum atomic E-state index is 1.08. The Morgan fingerprint density at radius 3 is 0.625 bits per heavy atom. The van der Waals surface area contributed by atoms with E-state index in [0.717, 1.165) is 78.6 Å². The summed E-state index contributed by atoms with van der Waals surface area (Å²) in [6.07, 6.45) is 0. The van der Waals surface area contributed by atoms with E-state index in [1.54, 1.807) is 0 Å². The standard InChI is InChI=1S/C86H64N2/c1-61-59-77(51-57-83(61)87(79-53-47-73(48-54-79)71-35-31-67(32-36-71)63-19-7-3-8-20-63)85-29-17-15-27-81(85)75-43-39-69(40-44-75)65-23-11-5-12-24-65)78-52-58-84(62(2)60-78)88(80-55-49-74(50-56-80)72-37-33-68(34-38-72)64-21-9-4-10-22-64)86-30-18-16-28-82(86)76-45-41-70(42-46-76)66-25-13-6-14-26-66/h3-60H,1-2H3. The minimum absolute atomic E-state index is 1.08. The van der Waals surface area contributed by atoms with Crippen molar-refractivity contribution in [2.75, 3.05) is 9.80 Å². The summed E-state index contributed by atoms with van der Waals surface area (Å²) in [5.41, 5.74) is 30.2. The summed E-state index contributed by atoms with van der Waals surface area (Å²) in [5, 5.41) is 0. The van der Waals surface area contributed by atoms with Crippen molar-refractivity contribution in [1.29, 1.82) is 0 Å². The number of anilines is 6. The fraction of sp³-hybridized carbons (Fsp3) is 0.0233. The lowest BCUT2D eigenvalue weighted by molar-refractivity contribution is 1.24. The van der Waals surface area contributed by atoms with Gasteiger partial charge in [0.05, 0.1) is 11.4 Å². The average Bonchev–Trinajstić information content (AvgIpc) is 2.15. The van der Waals surface area contributed by atoms with Crippen LogP contribution in [0.15, 0.2) is 352 Å². The van der Waals surface area contributed by atoms with E-state index in [0.29, 0.717) is 0 Å². The number of nitrogens with zero attached hydrogens (tertiary/aromatic N) is 2. The van der Waals surface area contributed by atoms with E-state index in [2.05, 4.69) is 375 Å². The van der Waals surface area contributed by atoms with Crippen molar-refractivity contribution in [1.82, 2.24) is 0 Å². The SMILES string of the molecule is Cc1cc(-c2ccc(N(c3ccc(-c4ccc(-c5ccccc5)cc4)cc3)c3ccccc3-c3ccc(-c4ccccc4)cc3)c(C)c2)ccc1N(c1ccc(-c2ccc(-c3ccccc3)cc2)cc1)c1ccccc1-c1ccc(-c2ccccc2)cc1. The number of aryl methyl sites for hydroxylation is 2. The van der Waals surface area contributed by atoms with Crippen LogP contribution in [0.2, 0.25) is 0 Å². The Hall–Kier alpha value is -11.3. The molecule has 2 nitrogen and oxygen atoms in total. The molecule has 0 aliphatic heterocycles. The van der Waals surface area contributed by atoms with Gasteiger partial charge in [-0.1, -0.05) is 291 Å². The van der Waals surface area contributed by atoms with Gasteiger partial charge in [0, 0.05) is 33.9 Å². The molecule has 0 atom stereocenters. The summed E-state index contributed by atoms with van der Waals surface area (Å²) in [5.74, 6) is 0. The topological polar surface area (TPSA) is 6.48 Å². The highest BCUT2D eigenvalue weighted by Crippen LogP contribution is 2.47. The van der Waals surface area contributed by atoms with Crippen molar-refractivity contribution in [2.24, 2.45) is 0 Å². The van der Waals surface area contributed by atoms with Crippen molar-refractivity contribution in [3.8, 4) is 100 Å². The lowest BCUT2D eigenvalue weighted by Crippen LogP contribution is -2.13. The Bertz CT molecular complexity index is 4350. The van der Waals surface area contributed by atoms with Gasteiger partial charge in [-0.05, 0) is 175 Å². The summed E-state index contributed by atoms with van der Waals surface area (Å²) in [7, 11) is 0. The molecule has 418 valence electrons. The highest BCUT2D eigenvalue weighted by Gasteiger charge is 2.23. The molecular weight excluding hydrogens is 1060 g/mol. The smallest absolute Gasteiger partial charge is 0.0540 e. The molecule has 0 amide bonds. The number of benzene rings is 14. The van der Waals surface area contributed by atoms with E-state index in [1.807, 2.05) is 0 Å². The Labute approximate surface area is 517 Å². The molecule has 88 heavy (non-hydrogen) atoms. The van der Waals surface area contributed by atoms with E-state index in [1.165, 1.54) is 66.8 Å². The predicted octanol–water partition coefficient (Wildman–Crippen LogP) is 24.2. The van der Waals surface area contributed by atoms with Crippen LogP contribution in [0, 0.1) is 13.8 Å². The maximum Gasteiger partial charge on any atom is 0.0540 e. The third kappa shape index (κ3) is 11.4. The van der Waals surface area contributed by atoms with Crippen LogP contribution in [0.1, 0.15) is 11.1 Å². The van der Waals surface area contributed by atoms with E-state index >= 15 is 0 Å². The molecular formula is C86H64N2. The van der Waals surface area contributed by atoms with E-state index in [4.69, 9.17) is 0 Å². The summed E-state index contributed by atoms with van der Waals surface area (Å²) in [6.45, 7) is 4.50. The Morgan fingerprint density at radius 1 is 0.159 bits per heavy atom. The van der Waals surface area contributed by atoms with Gasteiger partial charge >= 0.3 is 0 Å². The Balaban J connectivity index is 0.823. The highest BCUT2D eigenvalue weighted by molar-refractivity contribution is 5.93. The second kappa shape index (κ2) is 24.7. The van der Waals surface area contributed by atoms with Crippen LogP contribution < -0.4 is 9.80 Å². The molecule has 0 heterocycles. The molecule has 0 spiro atoms. The first-order valence-electron chi connectivity index (χ1n) is 30.3. The van der Waals surface area contributed by atoms with Crippen molar-refractivity contribution in [3.63, 3.8) is 0 Å². The first-order chi connectivity index (χ1) is 43.5. The zero-order valence-electron chi connectivity index (χ0n) is 49.4. The maximum absolute atomic E-state index is 2.44. The second-order valence-corrected chi connectivity index (χ2v) is 22.6. The quantitative estimate of drug-likeness (QED) is 0.101. The third-order valence-corrected chi connectivity index (χ3v) is 17.0. The summed E-state index contributed by atoms with van der Waals surface area (Å²) < 4.78 is 0.